The molecular formula is C24H25N3O6. The fourth-order valence-corrected chi connectivity index (χ4v) is 4.41. The predicted octanol–water partition coefficient (Wildman–Crippen LogP) is 1.72. The minimum absolute atomic E-state index is 0.0577. The number of benzene rings is 2. The number of aliphatic carboxylic acids is 1. The molecule has 0 spiro atoms. The molecule has 0 bridgehead atoms. The molecule has 4 rings (SSSR count). The Balaban J connectivity index is 1.38. The third kappa shape index (κ3) is 4.82. The van der Waals surface area contributed by atoms with E-state index in [2.05, 4.69) is 10.6 Å². The first kappa shape index (κ1) is 22.3. The summed E-state index contributed by atoms with van der Waals surface area (Å²) in [5.41, 5.74) is 4.28. The van der Waals surface area contributed by atoms with Crippen LogP contribution >= 0.6 is 0 Å². The van der Waals surface area contributed by atoms with Crippen LogP contribution in [-0.2, 0) is 19.1 Å². The Morgan fingerprint density at radius 3 is 2.15 bits per heavy atom. The van der Waals surface area contributed by atoms with Gasteiger partial charge in [0.25, 0.3) is 0 Å². The van der Waals surface area contributed by atoms with Crippen LogP contribution in [-0.4, -0.2) is 65.7 Å². The molecule has 1 fully saturated rings. The van der Waals surface area contributed by atoms with Crippen LogP contribution in [0.5, 0.6) is 0 Å². The molecule has 9 nitrogen and oxygen atoms in total. The Morgan fingerprint density at radius 1 is 1.03 bits per heavy atom. The highest BCUT2D eigenvalue weighted by molar-refractivity contribution is 5.90. The highest BCUT2D eigenvalue weighted by atomic mass is 16.5. The molecule has 33 heavy (non-hydrogen) atoms. The van der Waals surface area contributed by atoms with Gasteiger partial charge >= 0.3 is 12.1 Å². The van der Waals surface area contributed by atoms with E-state index in [9.17, 15) is 24.3 Å². The number of carboxylic acid groups (broad SMARTS) is 1. The summed E-state index contributed by atoms with van der Waals surface area (Å²) in [5, 5.41) is 14.3. The van der Waals surface area contributed by atoms with Gasteiger partial charge in [-0.05, 0) is 22.3 Å². The standard InChI is InChI=1S/C24H25N3O6/c1-14(28)25-15-11-27(12-15)23(31)21(10-22(29)30)26-24(32)33-13-20-18-8-4-2-6-16(18)17-7-3-5-9-19(17)20/h2-9,15,20-21H,10-13H2,1H3,(H,25,28)(H,26,32)(H,29,30). The second-order valence-corrected chi connectivity index (χ2v) is 8.26. The number of fused-ring (bicyclic) bond motifs is 3. The first-order chi connectivity index (χ1) is 15.8. The van der Waals surface area contributed by atoms with E-state index in [4.69, 9.17) is 4.74 Å². The van der Waals surface area contributed by atoms with Crippen LogP contribution in [0.15, 0.2) is 48.5 Å². The third-order valence-corrected chi connectivity index (χ3v) is 5.91. The number of likely N-dealkylation sites (tertiary alicyclic amines) is 1. The van der Waals surface area contributed by atoms with Gasteiger partial charge in [0, 0.05) is 25.9 Å². The van der Waals surface area contributed by atoms with Crippen LogP contribution in [0.25, 0.3) is 11.1 Å². The Labute approximate surface area is 190 Å². The number of carbonyl (C=O) groups excluding carboxylic acids is 3. The van der Waals surface area contributed by atoms with Crippen molar-refractivity contribution in [2.24, 2.45) is 0 Å². The monoisotopic (exact) mass is 451 g/mol. The van der Waals surface area contributed by atoms with Crippen LogP contribution in [0, 0.1) is 0 Å². The van der Waals surface area contributed by atoms with E-state index < -0.39 is 30.4 Å². The zero-order chi connectivity index (χ0) is 23.5. The van der Waals surface area contributed by atoms with Crippen LogP contribution in [0.2, 0.25) is 0 Å². The first-order valence-electron chi connectivity index (χ1n) is 10.7. The van der Waals surface area contributed by atoms with Gasteiger partial charge in [-0.3, -0.25) is 14.4 Å². The van der Waals surface area contributed by atoms with Gasteiger partial charge in [0.2, 0.25) is 11.8 Å². The fraction of sp³-hybridized carbons (Fsp3) is 0.333. The molecule has 1 saturated heterocycles. The minimum Gasteiger partial charge on any atom is -0.481 e. The van der Waals surface area contributed by atoms with Crippen molar-refractivity contribution in [1.29, 1.82) is 0 Å². The summed E-state index contributed by atoms with van der Waals surface area (Å²) in [6.07, 6.45) is -1.42. The summed E-state index contributed by atoms with van der Waals surface area (Å²) in [6, 6.07) is 14.4. The fourth-order valence-electron chi connectivity index (χ4n) is 4.41. The average Bonchev–Trinajstić information content (AvgIpc) is 3.07. The molecule has 0 radical (unpaired) electrons. The number of carboxylic acids is 1. The van der Waals surface area contributed by atoms with Crippen molar-refractivity contribution in [2.75, 3.05) is 19.7 Å². The summed E-state index contributed by atoms with van der Waals surface area (Å²) in [7, 11) is 0. The zero-order valence-electron chi connectivity index (χ0n) is 18.1. The molecule has 1 unspecified atom stereocenters. The van der Waals surface area contributed by atoms with Crippen LogP contribution in [0.3, 0.4) is 0 Å². The van der Waals surface area contributed by atoms with Crippen LogP contribution in [0.4, 0.5) is 4.79 Å². The van der Waals surface area contributed by atoms with E-state index in [1.807, 2.05) is 48.5 Å². The van der Waals surface area contributed by atoms with Gasteiger partial charge in [0.15, 0.2) is 0 Å². The number of nitrogens with zero attached hydrogens (tertiary/aromatic N) is 1. The largest absolute Gasteiger partial charge is 0.481 e. The number of carbonyl (C=O) groups is 4. The van der Waals surface area contributed by atoms with Crippen molar-refractivity contribution in [3.63, 3.8) is 0 Å². The lowest BCUT2D eigenvalue weighted by molar-refractivity contribution is -0.145. The lowest BCUT2D eigenvalue weighted by Crippen LogP contribution is -2.64. The summed E-state index contributed by atoms with van der Waals surface area (Å²) in [5.74, 6) is -2.09. The van der Waals surface area contributed by atoms with E-state index in [0.29, 0.717) is 0 Å². The average molecular weight is 451 g/mol. The van der Waals surface area contributed by atoms with Gasteiger partial charge in [-0.15, -0.1) is 0 Å². The molecule has 2 aromatic carbocycles. The molecule has 172 valence electrons. The van der Waals surface area contributed by atoms with E-state index in [1.54, 1.807) is 0 Å². The molecule has 1 aliphatic heterocycles. The van der Waals surface area contributed by atoms with Gasteiger partial charge in [0.1, 0.15) is 12.6 Å². The van der Waals surface area contributed by atoms with E-state index in [-0.39, 0.29) is 37.6 Å². The molecule has 1 atom stereocenters. The maximum atomic E-state index is 12.7. The second-order valence-electron chi connectivity index (χ2n) is 8.26. The number of hydrogen-bond acceptors (Lipinski definition) is 5. The van der Waals surface area contributed by atoms with Gasteiger partial charge < -0.3 is 25.4 Å². The highest BCUT2D eigenvalue weighted by Crippen LogP contribution is 2.44. The van der Waals surface area contributed by atoms with Gasteiger partial charge in [-0.25, -0.2) is 4.79 Å². The number of amides is 3. The van der Waals surface area contributed by atoms with Gasteiger partial charge in [-0.1, -0.05) is 48.5 Å². The molecule has 9 heteroatoms. The summed E-state index contributed by atoms with van der Waals surface area (Å²) in [4.78, 5) is 49.0. The molecule has 2 aromatic rings. The Morgan fingerprint density at radius 2 is 1.61 bits per heavy atom. The lowest BCUT2D eigenvalue weighted by atomic mass is 9.98. The lowest BCUT2D eigenvalue weighted by Gasteiger charge is -2.40. The van der Waals surface area contributed by atoms with Crippen molar-refractivity contribution < 1.29 is 29.0 Å². The number of ether oxygens (including phenoxy) is 1. The molecular weight excluding hydrogens is 426 g/mol. The number of rotatable bonds is 7. The summed E-state index contributed by atoms with van der Waals surface area (Å²) in [6.45, 7) is 1.97. The Kier molecular flexibility index (Phi) is 6.30. The van der Waals surface area contributed by atoms with Gasteiger partial charge in [-0.2, -0.15) is 0 Å². The molecule has 0 aromatic heterocycles. The van der Waals surface area contributed by atoms with E-state index >= 15 is 0 Å². The number of nitrogens with one attached hydrogen (secondary N) is 2. The van der Waals surface area contributed by atoms with E-state index in [0.717, 1.165) is 22.3 Å². The summed E-state index contributed by atoms with van der Waals surface area (Å²) < 4.78 is 5.44. The highest BCUT2D eigenvalue weighted by Gasteiger charge is 2.37. The Hall–Kier alpha value is -3.88. The molecule has 1 aliphatic carbocycles. The maximum absolute atomic E-state index is 12.7. The molecule has 1 heterocycles. The molecule has 0 saturated carbocycles. The molecule has 3 amide bonds. The maximum Gasteiger partial charge on any atom is 0.407 e. The van der Waals surface area contributed by atoms with Crippen molar-refractivity contribution in [3.05, 3.63) is 59.7 Å². The quantitative estimate of drug-likeness (QED) is 0.589. The zero-order valence-corrected chi connectivity index (χ0v) is 18.1. The van der Waals surface area contributed by atoms with Gasteiger partial charge in [0.05, 0.1) is 12.5 Å². The first-order valence-corrected chi connectivity index (χ1v) is 10.7. The molecule has 2 aliphatic rings. The van der Waals surface area contributed by atoms with Crippen molar-refractivity contribution in [1.82, 2.24) is 15.5 Å². The SMILES string of the molecule is CC(=O)NC1CN(C(=O)C(CC(=O)O)NC(=O)OCC2c3ccccc3-c3ccccc32)C1. The van der Waals surface area contributed by atoms with E-state index in [1.165, 1.54) is 11.8 Å². The van der Waals surface area contributed by atoms with Crippen molar-refractivity contribution in [3.8, 4) is 11.1 Å². The third-order valence-electron chi connectivity index (χ3n) is 5.91. The Bertz CT molecular complexity index is 1050. The predicted molar refractivity (Wildman–Crippen MR) is 118 cm³/mol. The molecule has 3 N–H and O–H groups in total. The smallest absolute Gasteiger partial charge is 0.407 e. The van der Waals surface area contributed by atoms with Crippen LogP contribution < -0.4 is 10.6 Å². The van der Waals surface area contributed by atoms with Crippen LogP contribution in [0.1, 0.15) is 30.4 Å². The number of hydrogen-bond donors (Lipinski definition) is 3. The second kappa shape index (κ2) is 9.32. The minimum atomic E-state index is -1.25. The topological polar surface area (TPSA) is 125 Å². The summed E-state index contributed by atoms with van der Waals surface area (Å²) >= 11 is 0. The normalized spacial score (nSPS) is 15.6. The van der Waals surface area contributed by atoms with Crippen molar-refractivity contribution in [2.45, 2.75) is 31.3 Å². The number of alkyl carbamates (subject to hydrolysis) is 1. The van der Waals surface area contributed by atoms with Crippen molar-refractivity contribution >= 4 is 23.9 Å².